The Kier molecular flexibility index (Phi) is 5.26. The van der Waals surface area contributed by atoms with Crippen molar-refractivity contribution in [2.24, 2.45) is 11.8 Å². The summed E-state index contributed by atoms with van der Waals surface area (Å²) >= 11 is 0. The summed E-state index contributed by atoms with van der Waals surface area (Å²) in [5.41, 5.74) is 0. The predicted molar refractivity (Wildman–Crippen MR) is 76.3 cm³/mol. The van der Waals surface area contributed by atoms with Crippen molar-refractivity contribution in [2.75, 3.05) is 32.8 Å². The van der Waals surface area contributed by atoms with Gasteiger partial charge in [0.1, 0.15) is 0 Å². The molecule has 2 saturated heterocycles. The van der Waals surface area contributed by atoms with Crippen LogP contribution in [0.5, 0.6) is 0 Å². The Labute approximate surface area is 121 Å². The van der Waals surface area contributed by atoms with Gasteiger partial charge in [-0.05, 0) is 38.5 Å². The van der Waals surface area contributed by atoms with E-state index in [1.807, 2.05) is 16.7 Å². The predicted octanol–water partition coefficient (Wildman–Crippen LogP) is 2.11. The Morgan fingerprint density at radius 3 is 2.45 bits per heavy atom. The third-order valence-corrected chi connectivity index (χ3v) is 4.37. The molecule has 0 aliphatic carbocycles. The van der Waals surface area contributed by atoms with Crippen molar-refractivity contribution in [3.8, 4) is 0 Å². The van der Waals surface area contributed by atoms with Crippen LogP contribution in [0, 0.1) is 11.8 Å². The number of carbonyl (C=O) groups is 2. The summed E-state index contributed by atoms with van der Waals surface area (Å²) in [6, 6.07) is 0.103. The molecule has 2 aliphatic heterocycles. The first-order chi connectivity index (χ1) is 9.61. The van der Waals surface area contributed by atoms with Crippen molar-refractivity contribution in [3.63, 3.8) is 0 Å². The van der Waals surface area contributed by atoms with Gasteiger partial charge in [-0.2, -0.15) is 0 Å². The zero-order valence-electron chi connectivity index (χ0n) is 12.6. The Morgan fingerprint density at radius 1 is 1.10 bits per heavy atom. The van der Waals surface area contributed by atoms with E-state index in [2.05, 4.69) is 6.92 Å². The van der Waals surface area contributed by atoms with E-state index < -0.39 is 0 Å². The quantitative estimate of drug-likeness (QED) is 0.729. The van der Waals surface area contributed by atoms with Crippen molar-refractivity contribution in [3.05, 3.63) is 0 Å². The lowest BCUT2D eigenvalue weighted by Crippen LogP contribution is -2.50. The van der Waals surface area contributed by atoms with Crippen LogP contribution in [-0.4, -0.2) is 54.6 Å². The van der Waals surface area contributed by atoms with Crippen LogP contribution < -0.4 is 0 Å². The molecule has 1 unspecified atom stereocenters. The number of carbonyl (C=O) groups excluding carboxylic acids is 2. The molecule has 114 valence electrons. The van der Waals surface area contributed by atoms with Gasteiger partial charge in [0.2, 0.25) is 0 Å². The van der Waals surface area contributed by atoms with Gasteiger partial charge in [-0.15, -0.1) is 0 Å². The molecule has 2 aliphatic rings. The fraction of sp³-hybridized carbons (Fsp3) is 0.867. The smallest absolute Gasteiger partial charge is 0.320 e. The molecule has 2 fully saturated rings. The van der Waals surface area contributed by atoms with E-state index in [4.69, 9.17) is 4.74 Å². The van der Waals surface area contributed by atoms with Gasteiger partial charge in [0.15, 0.2) is 0 Å². The molecule has 0 N–H and O–H groups in total. The van der Waals surface area contributed by atoms with E-state index in [1.165, 1.54) is 0 Å². The molecule has 0 saturated carbocycles. The number of esters is 1. The highest BCUT2D eigenvalue weighted by Gasteiger charge is 2.32. The van der Waals surface area contributed by atoms with Crippen LogP contribution in [0.4, 0.5) is 4.79 Å². The number of hydrogen-bond donors (Lipinski definition) is 0. The first-order valence-electron chi connectivity index (χ1n) is 7.82. The molecular weight excluding hydrogens is 256 g/mol. The molecule has 5 nitrogen and oxygen atoms in total. The van der Waals surface area contributed by atoms with E-state index >= 15 is 0 Å². The second-order valence-electron chi connectivity index (χ2n) is 5.99. The van der Waals surface area contributed by atoms with Gasteiger partial charge >= 0.3 is 12.0 Å². The summed E-state index contributed by atoms with van der Waals surface area (Å²) in [6.07, 6.45) is 3.89. The number of urea groups is 1. The molecule has 0 radical (unpaired) electrons. The van der Waals surface area contributed by atoms with Crippen molar-refractivity contribution in [1.82, 2.24) is 9.80 Å². The molecule has 2 rings (SSSR count). The zero-order chi connectivity index (χ0) is 14.5. The van der Waals surface area contributed by atoms with Gasteiger partial charge in [-0.3, -0.25) is 4.79 Å². The lowest BCUT2D eigenvalue weighted by atomic mass is 9.97. The summed E-state index contributed by atoms with van der Waals surface area (Å²) in [5.74, 6) is 0.418. The Bertz CT molecular complexity index is 351. The van der Waals surface area contributed by atoms with Gasteiger partial charge in [0.25, 0.3) is 0 Å². The molecule has 0 spiro atoms. The van der Waals surface area contributed by atoms with Crippen molar-refractivity contribution in [2.45, 2.75) is 39.5 Å². The number of piperidine rings is 2. The zero-order valence-corrected chi connectivity index (χ0v) is 12.6. The molecule has 0 aromatic carbocycles. The van der Waals surface area contributed by atoms with Crippen LogP contribution in [0.1, 0.15) is 39.5 Å². The highest BCUT2D eigenvalue weighted by Crippen LogP contribution is 2.22. The van der Waals surface area contributed by atoms with E-state index in [1.54, 1.807) is 0 Å². The SMILES string of the molecule is CCOC(=O)C1CCCN(C(=O)N2CCC(C)CC2)C1. The summed E-state index contributed by atoms with van der Waals surface area (Å²) < 4.78 is 5.08. The second-order valence-corrected chi connectivity index (χ2v) is 5.99. The Morgan fingerprint density at radius 2 is 1.80 bits per heavy atom. The third kappa shape index (κ3) is 3.64. The van der Waals surface area contributed by atoms with Crippen molar-refractivity contribution >= 4 is 12.0 Å². The second kappa shape index (κ2) is 6.95. The number of likely N-dealkylation sites (tertiary alicyclic amines) is 2. The average molecular weight is 282 g/mol. The minimum absolute atomic E-state index is 0.103. The standard InChI is InChI=1S/C15H26N2O3/c1-3-20-14(18)13-5-4-8-17(11-13)15(19)16-9-6-12(2)7-10-16/h12-13H,3-11H2,1-2H3. The fourth-order valence-corrected chi connectivity index (χ4v) is 3.00. The molecule has 0 aromatic rings. The maximum Gasteiger partial charge on any atom is 0.320 e. The molecule has 5 heteroatoms. The molecule has 2 heterocycles. The van der Waals surface area contributed by atoms with Gasteiger partial charge in [0, 0.05) is 26.2 Å². The Balaban J connectivity index is 1.88. The molecule has 2 amide bonds. The summed E-state index contributed by atoms with van der Waals surface area (Å²) in [4.78, 5) is 28.1. The van der Waals surface area contributed by atoms with Crippen LogP contribution in [-0.2, 0) is 9.53 Å². The topological polar surface area (TPSA) is 49.9 Å². The molecule has 0 aromatic heterocycles. The maximum atomic E-state index is 12.5. The monoisotopic (exact) mass is 282 g/mol. The minimum atomic E-state index is -0.155. The number of amides is 2. The highest BCUT2D eigenvalue weighted by atomic mass is 16.5. The maximum absolute atomic E-state index is 12.5. The van der Waals surface area contributed by atoms with Gasteiger partial charge in [-0.25, -0.2) is 4.79 Å². The van der Waals surface area contributed by atoms with Crippen LogP contribution in [0.2, 0.25) is 0 Å². The third-order valence-electron chi connectivity index (χ3n) is 4.37. The fourth-order valence-electron chi connectivity index (χ4n) is 3.00. The lowest BCUT2D eigenvalue weighted by molar-refractivity contribution is -0.149. The number of rotatable bonds is 2. The molecule has 1 atom stereocenters. The highest BCUT2D eigenvalue weighted by molar-refractivity contribution is 5.77. The number of hydrogen-bond acceptors (Lipinski definition) is 3. The summed E-state index contributed by atoms with van der Waals surface area (Å²) in [5, 5.41) is 0. The summed E-state index contributed by atoms with van der Waals surface area (Å²) in [7, 11) is 0. The largest absolute Gasteiger partial charge is 0.466 e. The van der Waals surface area contributed by atoms with E-state index in [0.29, 0.717) is 19.1 Å². The van der Waals surface area contributed by atoms with Crippen LogP contribution in [0.3, 0.4) is 0 Å². The first kappa shape index (κ1) is 15.1. The van der Waals surface area contributed by atoms with Crippen molar-refractivity contribution in [1.29, 1.82) is 0 Å². The van der Waals surface area contributed by atoms with Gasteiger partial charge in [0.05, 0.1) is 12.5 Å². The molecule has 20 heavy (non-hydrogen) atoms. The lowest BCUT2D eigenvalue weighted by Gasteiger charge is -2.38. The number of ether oxygens (including phenoxy) is 1. The van der Waals surface area contributed by atoms with E-state index in [-0.39, 0.29) is 17.9 Å². The summed E-state index contributed by atoms with van der Waals surface area (Å²) in [6.45, 7) is 7.44. The molecular formula is C15H26N2O3. The van der Waals surface area contributed by atoms with E-state index in [9.17, 15) is 9.59 Å². The van der Waals surface area contributed by atoms with Crippen LogP contribution in [0.15, 0.2) is 0 Å². The molecule has 0 bridgehead atoms. The van der Waals surface area contributed by atoms with Gasteiger partial charge in [-0.1, -0.05) is 6.92 Å². The van der Waals surface area contributed by atoms with Crippen LogP contribution in [0.25, 0.3) is 0 Å². The minimum Gasteiger partial charge on any atom is -0.466 e. The normalized spacial score (nSPS) is 24.6. The van der Waals surface area contributed by atoms with Gasteiger partial charge < -0.3 is 14.5 Å². The van der Waals surface area contributed by atoms with Crippen molar-refractivity contribution < 1.29 is 14.3 Å². The van der Waals surface area contributed by atoms with E-state index in [0.717, 1.165) is 45.3 Å². The first-order valence-corrected chi connectivity index (χ1v) is 7.82. The number of nitrogens with zero attached hydrogens (tertiary/aromatic N) is 2. The van der Waals surface area contributed by atoms with Crippen LogP contribution >= 0.6 is 0 Å². The average Bonchev–Trinajstić information content (AvgIpc) is 2.48. The Hall–Kier alpha value is -1.26.